The predicted molar refractivity (Wildman–Crippen MR) is 83.5 cm³/mol. The second-order valence-corrected chi connectivity index (χ2v) is 6.26. The molecule has 1 unspecified atom stereocenters. The summed E-state index contributed by atoms with van der Waals surface area (Å²) in [5.74, 6) is -1.31. The second-order valence-electron chi connectivity index (χ2n) is 5.45. The number of carbonyl (C=O) groups excluding carboxylic acids is 1. The van der Waals surface area contributed by atoms with Crippen molar-refractivity contribution in [3.63, 3.8) is 0 Å². The van der Waals surface area contributed by atoms with Crippen LogP contribution in [0.3, 0.4) is 0 Å². The van der Waals surface area contributed by atoms with Crippen molar-refractivity contribution >= 4 is 35.1 Å². The van der Waals surface area contributed by atoms with Crippen molar-refractivity contribution in [3.05, 3.63) is 33.8 Å². The monoisotopic (exact) mass is 345 g/mol. The fourth-order valence-electron chi connectivity index (χ4n) is 2.80. The molecule has 1 atom stereocenters. The third-order valence-corrected chi connectivity index (χ3v) is 4.54. The number of ether oxygens (including phenoxy) is 1. The number of aliphatic carboxylic acids is 1. The molecule has 22 heavy (non-hydrogen) atoms. The smallest absolute Gasteiger partial charge is 0.313 e. The van der Waals surface area contributed by atoms with E-state index in [0.29, 0.717) is 19.4 Å². The minimum Gasteiger partial charge on any atom is -0.481 e. The van der Waals surface area contributed by atoms with Crippen LogP contribution in [0, 0.1) is 5.41 Å². The number of piperidine rings is 1. The molecule has 1 amide bonds. The zero-order valence-electron chi connectivity index (χ0n) is 12.1. The van der Waals surface area contributed by atoms with Crippen LogP contribution in [0.5, 0.6) is 0 Å². The molecular formula is C15H17Cl2NO4. The van der Waals surface area contributed by atoms with E-state index >= 15 is 0 Å². The fourth-order valence-corrected chi connectivity index (χ4v) is 3.35. The van der Waals surface area contributed by atoms with E-state index in [0.717, 1.165) is 0 Å². The maximum absolute atomic E-state index is 12.7. The highest BCUT2D eigenvalue weighted by atomic mass is 35.5. The number of carbonyl (C=O) groups is 2. The number of carboxylic acids is 1. The lowest BCUT2D eigenvalue weighted by atomic mass is 9.80. The Morgan fingerprint density at radius 2 is 2.00 bits per heavy atom. The fraction of sp³-hybridized carbons (Fsp3) is 0.467. The van der Waals surface area contributed by atoms with E-state index < -0.39 is 11.4 Å². The summed E-state index contributed by atoms with van der Waals surface area (Å²) in [7, 11) is 1.45. The lowest BCUT2D eigenvalue weighted by Gasteiger charge is -2.39. The van der Waals surface area contributed by atoms with Crippen LogP contribution in [0.25, 0.3) is 0 Å². The highest BCUT2D eigenvalue weighted by molar-refractivity contribution is 6.39. The van der Waals surface area contributed by atoms with E-state index in [1.54, 1.807) is 18.2 Å². The summed E-state index contributed by atoms with van der Waals surface area (Å²) < 4.78 is 5.06. The van der Waals surface area contributed by atoms with E-state index in [-0.39, 0.29) is 34.7 Å². The van der Waals surface area contributed by atoms with Gasteiger partial charge in [-0.2, -0.15) is 0 Å². The van der Waals surface area contributed by atoms with Crippen LogP contribution in [-0.4, -0.2) is 48.7 Å². The lowest BCUT2D eigenvalue weighted by Crippen LogP contribution is -2.52. The first-order valence-electron chi connectivity index (χ1n) is 6.87. The third kappa shape index (κ3) is 3.21. The molecule has 1 N–H and O–H groups in total. The molecule has 1 aliphatic heterocycles. The average Bonchev–Trinajstić information content (AvgIpc) is 2.47. The summed E-state index contributed by atoms with van der Waals surface area (Å²) in [6.07, 6.45) is 1.06. The Kier molecular flexibility index (Phi) is 5.32. The van der Waals surface area contributed by atoms with Crippen LogP contribution >= 0.6 is 23.2 Å². The normalized spacial score (nSPS) is 21.7. The summed E-state index contributed by atoms with van der Waals surface area (Å²) >= 11 is 12.1. The highest BCUT2D eigenvalue weighted by Crippen LogP contribution is 2.33. The van der Waals surface area contributed by atoms with Crippen molar-refractivity contribution in [2.24, 2.45) is 5.41 Å². The topological polar surface area (TPSA) is 66.8 Å². The Morgan fingerprint density at radius 3 is 2.55 bits per heavy atom. The quantitative estimate of drug-likeness (QED) is 0.910. The van der Waals surface area contributed by atoms with Gasteiger partial charge in [0.05, 0.1) is 22.2 Å². The van der Waals surface area contributed by atoms with Gasteiger partial charge >= 0.3 is 5.97 Å². The number of hydrogen-bond donors (Lipinski definition) is 1. The van der Waals surface area contributed by atoms with Crippen LogP contribution < -0.4 is 0 Å². The Balaban J connectivity index is 2.29. The van der Waals surface area contributed by atoms with Crippen LogP contribution in [0.15, 0.2) is 18.2 Å². The number of halogens is 2. The summed E-state index contributed by atoms with van der Waals surface area (Å²) in [5.41, 5.74) is -0.874. The van der Waals surface area contributed by atoms with Crippen molar-refractivity contribution in [2.75, 3.05) is 26.8 Å². The van der Waals surface area contributed by atoms with Gasteiger partial charge in [0.2, 0.25) is 0 Å². The number of likely N-dealkylation sites (tertiary alicyclic amines) is 1. The molecule has 1 fully saturated rings. The Bertz CT molecular complexity index is 569. The number of methoxy groups -OCH3 is 1. The van der Waals surface area contributed by atoms with Gasteiger partial charge < -0.3 is 14.7 Å². The second kappa shape index (κ2) is 6.86. The standard InChI is InChI=1S/C15H17Cl2NO4/c1-22-9-15(14(20)21)6-3-7-18(8-15)13(19)12-10(16)4-2-5-11(12)17/h2,4-5H,3,6-9H2,1H3,(H,20,21). The molecule has 1 aromatic rings. The molecule has 0 aliphatic carbocycles. The average molecular weight is 346 g/mol. The summed E-state index contributed by atoms with van der Waals surface area (Å²) in [4.78, 5) is 25.8. The first-order chi connectivity index (χ1) is 10.4. The van der Waals surface area contributed by atoms with E-state index in [1.807, 2.05) is 0 Å². The molecule has 0 radical (unpaired) electrons. The zero-order valence-corrected chi connectivity index (χ0v) is 13.7. The first kappa shape index (κ1) is 17.1. The molecule has 1 saturated heterocycles. The molecule has 1 aliphatic rings. The van der Waals surface area contributed by atoms with Crippen LogP contribution in [0.2, 0.25) is 10.0 Å². The molecule has 0 bridgehead atoms. The maximum atomic E-state index is 12.7. The van der Waals surface area contributed by atoms with Crippen LogP contribution in [0.1, 0.15) is 23.2 Å². The number of amides is 1. The molecule has 0 aromatic heterocycles. The van der Waals surface area contributed by atoms with E-state index in [1.165, 1.54) is 12.0 Å². The molecule has 5 nitrogen and oxygen atoms in total. The number of nitrogens with zero attached hydrogens (tertiary/aromatic N) is 1. The van der Waals surface area contributed by atoms with Gasteiger partial charge in [0.1, 0.15) is 5.41 Å². The number of hydrogen-bond acceptors (Lipinski definition) is 3. The summed E-state index contributed by atoms with van der Waals surface area (Å²) in [6.45, 7) is 0.609. The number of carboxylic acid groups (broad SMARTS) is 1. The minimum atomic E-state index is -1.09. The number of rotatable bonds is 4. The van der Waals surface area contributed by atoms with Gasteiger partial charge in [-0.05, 0) is 25.0 Å². The first-order valence-corrected chi connectivity index (χ1v) is 7.62. The van der Waals surface area contributed by atoms with Crippen molar-refractivity contribution in [1.82, 2.24) is 4.90 Å². The van der Waals surface area contributed by atoms with Gasteiger partial charge in [0.25, 0.3) is 5.91 Å². The largest absolute Gasteiger partial charge is 0.481 e. The van der Waals surface area contributed by atoms with E-state index in [9.17, 15) is 14.7 Å². The van der Waals surface area contributed by atoms with Crippen molar-refractivity contribution in [1.29, 1.82) is 0 Å². The molecule has 2 rings (SSSR count). The Labute approximate surface area is 138 Å². The Morgan fingerprint density at radius 1 is 1.36 bits per heavy atom. The molecule has 7 heteroatoms. The molecule has 1 aromatic carbocycles. The predicted octanol–water partition coefficient (Wildman–Crippen LogP) is 2.95. The third-order valence-electron chi connectivity index (χ3n) is 3.92. The lowest BCUT2D eigenvalue weighted by molar-refractivity contribution is -0.155. The molecule has 120 valence electrons. The molecule has 1 heterocycles. The Hall–Kier alpha value is -1.30. The van der Waals surface area contributed by atoms with Crippen LogP contribution in [0.4, 0.5) is 0 Å². The number of benzene rings is 1. The maximum Gasteiger partial charge on any atom is 0.313 e. The van der Waals surface area contributed by atoms with Gasteiger partial charge in [-0.25, -0.2) is 0 Å². The minimum absolute atomic E-state index is 0.0579. The summed E-state index contributed by atoms with van der Waals surface area (Å²) in [6, 6.07) is 4.83. The van der Waals surface area contributed by atoms with Crippen molar-refractivity contribution in [3.8, 4) is 0 Å². The van der Waals surface area contributed by atoms with Gasteiger partial charge in [0, 0.05) is 20.2 Å². The van der Waals surface area contributed by atoms with Gasteiger partial charge in [-0.3, -0.25) is 9.59 Å². The highest BCUT2D eigenvalue weighted by Gasteiger charge is 2.44. The van der Waals surface area contributed by atoms with Gasteiger partial charge in [-0.1, -0.05) is 29.3 Å². The van der Waals surface area contributed by atoms with Crippen molar-refractivity contribution < 1.29 is 19.4 Å². The van der Waals surface area contributed by atoms with Crippen molar-refractivity contribution in [2.45, 2.75) is 12.8 Å². The summed E-state index contributed by atoms with van der Waals surface area (Å²) in [5, 5.41) is 10.0. The van der Waals surface area contributed by atoms with Gasteiger partial charge in [-0.15, -0.1) is 0 Å². The SMILES string of the molecule is COCC1(C(=O)O)CCCN(C(=O)c2c(Cl)cccc2Cl)C1. The molecule has 0 spiro atoms. The van der Waals surface area contributed by atoms with Crippen LogP contribution in [-0.2, 0) is 9.53 Å². The zero-order chi connectivity index (χ0) is 16.3. The molecular weight excluding hydrogens is 329 g/mol. The van der Waals surface area contributed by atoms with Gasteiger partial charge in [0.15, 0.2) is 0 Å². The van der Waals surface area contributed by atoms with E-state index in [4.69, 9.17) is 27.9 Å². The molecule has 0 saturated carbocycles. The van der Waals surface area contributed by atoms with E-state index in [2.05, 4.69) is 0 Å².